The van der Waals surface area contributed by atoms with Gasteiger partial charge in [0.15, 0.2) is 0 Å². The fourth-order valence-electron chi connectivity index (χ4n) is 4.37. The molecule has 7 nitrogen and oxygen atoms in total. The molecule has 0 spiro atoms. The van der Waals surface area contributed by atoms with Gasteiger partial charge in [-0.25, -0.2) is 9.97 Å². The first kappa shape index (κ1) is 16.8. The molecule has 1 saturated carbocycles. The van der Waals surface area contributed by atoms with Crippen LogP contribution in [0.1, 0.15) is 37.4 Å². The summed E-state index contributed by atoms with van der Waals surface area (Å²) < 4.78 is 2.03. The van der Waals surface area contributed by atoms with Crippen molar-refractivity contribution in [2.24, 2.45) is 5.92 Å². The smallest absolute Gasteiger partial charge is 0.306 e. The van der Waals surface area contributed by atoms with Crippen molar-refractivity contribution < 1.29 is 9.90 Å². The van der Waals surface area contributed by atoms with Crippen LogP contribution in [-0.4, -0.2) is 30.4 Å². The van der Waals surface area contributed by atoms with E-state index >= 15 is 0 Å². The minimum Gasteiger partial charge on any atom is -0.481 e. The van der Waals surface area contributed by atoms with Crippen LogP contribution in [0.4, 0.5) is 5.82 Å². The number of hydrogen-bond donors (Lipinski definition) is 3. The van der Waals surface area contributed by atoms with Gasteiger partial charge >= 0.3 is 5.97 Å². The van der Waals surface area contributed by atoms with E-state index in [1.165, 1.54) is 0 Å². The Morgan fingerprint density at radius 1 is 1.21 bits per heavy atom. The topological polar surface area (TPSA) is 109 Å². The molecule has 3 aromatic heterocycles. The molecule has 0 aliphatic heterocycles. The standard InChI is InChI=1S/C21H21N5O2/c22-19-18-17(15-6-1-12-7-8-23-16(12)11-15)25-20(26(18)10-9-24-19)13-2-4-14(5-3-13)21(27)28/h1,6-11,13-14,23H,2-5H2,(H2,22,24)(H,27,28)/t13-,14-. The van der Waals surface area contributed by atoms with Crippen LogP contribution in [0.3, 0.4) is 0 Å². The Kier molecular flexibility index (Phi) is 3.82. The van der Waals surface area contributed by atoms with E-state index < -0.39 is 5.97 Å². The number of nitrogens with two attached hydrogens (primary N) is 1. The van der Waals surface area contributed by atoms with Gasteiger partial charge in [-0.05, 0) is 43.2 Å². The Balaban J connectivity index is 1.62. The van der Waals surface area contributed by atoms with Gasteiger partial charge in [-0.1, -0.05) is 12.1 Å². The summed E-state index contributed by atoms with van der Waals surface area (Å²) in [7, 11) is 0. The van der Waals surface area contributed by atoms with Crippen LogP contribution in [0.2, 0.25) is 0 Å². The summed E-state index contributed by atoms with van der Waals surface area (Å²) in [5.74, 6) is 0.660. The van der Waals surface area contributed by atoms with Crippen molar-refractivity contribution in [3.63, 3.8) is 0 Å². The summed E-state index contributed by atoms with van der Waals surface area (Å²) in [5, 5.41) is 10.4. The monoisotopic (exact) mass is 375 g/mol. The van der Waals surface area contributed by atoms with Gasteiger partial charge in [-0.15, -0.1) is 0 Å². The quantitative estimate of drug-likeness (QED) is 0.504. The molecule has 7 heteroatoms. The predicted octanol–water partition coefficient (Wildman–Crippen LogP) is 3.82. The number of nitrogens with one attached hydrogen (secondary N) is 1. The largest absolute Gasteiger partial charge is 0.481 e. The molecule has 1 aliphatic carbocycles. The van der Waals surface area contributed by atoms with Crippen molar-refractivity contribution in [2.45, 2.75) is 31.6 Å². The van der Waals surface area contributed by atoms with E-state index in [0.717, 1.165) is 46.3 Å². The molecule has 0 radical (unpaired) electrons. The second kappa shape index (κ2) is 6.37. The number of hydrogen-bond acceptors (Lipinski definition) is 4. The van der Waals surface area contributed by atoms with Gasteiger partial charge in [0, 0.05) is 35.6 Å². The molecule has 1 fully saturated rings. The van der Waals surface area contributed by atoms with Crippen LogP contribution >= 0.6 is 0 Å². The number of nitrogen functional groups attached to an aromatic ring is 1. The van der Waals surface area contributed by atoms with Crippen LogP contribution < -0.4 is 5.73 Å². The molecular formula is C21H21N5O2. The van der Waals surface area contributed by atoms with Crippen LogP contribution in [0, 0.1) is 5.92 Å². The number of fused-ring (bicyclic) bond motifs is 2. The number of anilines is 1. The molecular weight excluding hydrogens is 354 g/mol. The zero-order valence-electron chi connectivity index (χ0n) is 15.3. The van der Waals surface area contributed by atoms with E-state index in [0.29, 0.717) is 18.7 Å². The number of aliphatic carboxylic acids is 1. The molecule has 1 aliphatic rings. The molecule has 3 heterocycles. The lowest BCUT2D eigenvalue weighted by Crippen LogP contribution is -2.21. The Bertz CT molecular complexity index is 1180. The average Bonchev–Trinajstić information content (AvgIpc) is 3.33. The first-order valence-corrected chi connectivity index (χ1v) is 9.54. The lowest BCUT2D eigenvalue weighted by atomic mass is 9.81. The Morgan fingerprint density at radius 2 is 2.04 bits per heavy atom. The SMILES string of the molecule is Nc1nccn2c1c(-c1ccc3cc[nH]c3c1)nc2[C@H]1CC[C@H](C(=O)O)CC1. The molecule has 1 aromatic carbocycles. The van der Waals surface area contributed by atoms with E-state index in [4.69, 9.17) is 10.7 Å². The fourth-order valence-corrected chi connectivity index (χ4v) is 4.37. The summed E-state index contributed by atoms with van der Waals surface area (Å²) in [6, 6.07) is 8.23. The Hall–Kier alpha value is -3.35. The van der Waals surface area contributed by atoms with Crippen molar-refractivity contribution in [3.05, 3.63) is 48.7 Å². The molecule has 28 heavy (non-hydrogen) atoms. The normalized spacial score (nSPS) is 20.0. The maximum atomic E-state index is 11.3. The van der Waals surface area contributed by atoms with Gasteiger partial charge in [0.05, 0.1) is 5.92 Å². The van der Waals surface area contributed by atoms with Gasteiger partial charge in [0.1, 0.15) is 22.9 Å². The van der Waals surface area contributed by atoms with E-state index in [1.54, 1.807) is 6.20 Å². The lowest BCUT2D eigenvalue weighted by Gasteiger charge is -2.25. The van der Waals surface area contributed by atoms with Crippen LogP contribution in [0.5, 0.6) is 0 Å². The zero-order valence-corrected chi connectivity index (χ0v) is 15.3. The number of aromatic nitrogens is 4. The molecule has 142 valence electrons. The third-order valence-electron chi connectivity index (χ3n) is 5.88. The number of benzene rings is 1. The van der Waals surface area contributed by atoms with Crippen LogP contribution in [0.15, 0.2) is 42.9 Å². The highest BCUT2D eigenvalue weighted by Gasteiger charge is 2.30. The minimum atomic E-state index is -0.695. The minimum absolute atomic E-state index is 0.216. The van der Waals surface area contributed by atoms with E-state index in [2.05, 4.69) is 28.2 Å². The molecule has 4 aromatic rings. The molecule has 0 atom stereocenters. The number of rotatable bonds is 3. The van der Waals surface area contributed by atoms with E-state index in [1.807, 2.05) is 22.9 Å². The van der Waals surface area contributed by atoms with Crippen molar-refractivity contribution in [1.82, 2.24) is 19.4 Å². The van der Waals surface area contributed by atoms with Crippen LogP contribution in [0.25, 0.3) is 27.7 Å². The number of imidazole rings is 1. The number of H-pyrrole nitrogens is 1. The Labute approximate surface area is 161 Å². The summed E-state index contributed by atoms with van der Waals surface area (Å²) in [6.45, 7) is 0. The first-order valence-electron chi connectivity index (χ1n) is 9.54. The molecule has 5 rings (SSSR count). The highest BCUT2D eigenvalue weighted by molar-refractivity contribution is 5.90. The van der Waals surface area contributed by atoms with Crippen molar-refractivity contribution in [2.75, 3.05) is 5.73 Å². The van der Waals surface area contributed by atoms with Crippen molar-refractivity contribution >= 4 is 28.2 Å². The average molecular weight is 375 g/mol. The van der Waals surface area contributed by atoms with Gasteiger partial charge in [-0.2, -0.15) is 0 Å². The summed E-state index contributed by atoms with van der Waals surface area (Å²) in [4.78, 5) is 23.8. The van der Waals surface area contributed by atoms with Gasteiger partial charge in [-0.3, -0.25) is 9.20 Å². The third-order valence-corrected chi connectivity index (χ3v) is 5.88. The number of aromatic amines is 1. The zero-order chi connectivity index (χ0) is 19.3. The fraction of sp³-hybridized carbons (Fsp3) is 0.286. The number of carbonyl (C=O) groups is 1. The highest BCUT2D eigenvalue weighted by Crippen LogP contribution is 2.38. The van der Waals surface area contributed by atoms with E-state index in [9.17, 15) is 9.90 Å². The van der Waals surface area contributed by atoms with Gasteiger partial charge < -0.3 is 15.8 Å². The highest BCUT2D eigenvalue weighted by atomic mass is 16.4. The first-order chi connectivity index (χ1) is 13.6. The maximum Gasteiger partial charge on any atom is 0.306 e. The van der Waals surface area contributed by atoms with Gasteiger partial charge in [0.2, 0.25) is 0 Å². The van der Waals surface area contributed by atoms with Crippen molar-refractivity contribution in [3.8, 4) is 11.3 Å². The third kappa shape index (κ3) is 2.62. The summed E-state index contributed by atoms with van der Waals surface area (Å²) in [5.41, 5.74) is 9.89. The second-order valence-corrected chi connectivity index (χ2v) is 7.52. The molecule has 0 amide bonds. The lowest BCUT2D eigenvalue weighted by molar-refractivity contribution is -0.142. The van der Waals surface area contributed by atoms with Crippen molar-refractivity contribution in [1.29, 1.82) is 0 Å². The van der Waals surface area contributed by atoms with Crippen LogP contribution in [-0.2, 0) is 4.79 Å². The molecule has 0 unspecified atom stereocenters. The molecule has 4 N–H and O–H groups in total. The van der Waals surface area contributed by atoms with E-state index in [-0.39, 0.29) is 11.8 Å². The summed E-state index contributed by atoms with van der Waals surface area (Å²) in [6.07, 6.45) is 8.49. The summed E-state index contributed by atoms with van der Waals surface area (Å²) >= 11 is 0. The number of nitrogens with zero attached hydrogens (tertiary/aromatic N) is 3. The molecule has 0 saturated heterocycles. The molecule has 0 bridgehead atoms. The van der Waals surface area contributed by atoms with Gasteiger partial charge in [0.25, 0.3) is 0 Å². The maximum absolute atomic E-state index is 11.3. The second-order valence-electron chi connectivity index (χ2n) is 7.52. The number of carboxylic acids is 1. The number of carboxylic acid groups (broad SMARTS) is 1. The predicted molar refractivity (Wildman–Crippen MR) is 107 cm³/mol. The Morgan fingerprint density at radius 3 is 2.82 bits per heavy atom.